The predicted molar refractivity (Wildman–Crippen MR) is 109 cm³/mol. The first-order valence-electron chi connectivity index (χ1n) is 8.74. The Kier molecular flexibility index (Phi) is 7.47. The number of amides is 1. The van der Waals surface area contributed by atoms with E-state index in [4.69, 9.17) is 11.6 Å². The summed E-state index contributed by atoms with van der Waals surface area (Å²) in [4.78, 5) is 21.5. The summed E-state index contributed by atoms with van der Waals surface area (Å²) in [5.41, 5.74) is 4.03. The molecule has 1 heterocycles. The number of hydrogen-bond acceptors (Lipinski definition) is 4. The van der Waals surface area contributed by atoms with Crippen LogP contribution in [0.3, 0.4) is 0 Å². The van der Waals surface area contributed by atoms with E-state index in [0.717, 1.165) is 27.7 Å². The third-order valence-corrected chi connectivity index (χ3v) is 5.20. The number of nitrogens with zero attached hydrogens (tertiary/aromatic N) is 2. The normalized spacial score (nSPS) is 12.3. The van der Waals surface area contributed by atoms with Crippen molar-refractivity contribution in [3.8, 4) is 0 Å². The molecule has 0 bridgehead atoms. The van der Waals surface area contributed by atoms with E-state index < -0.39 is 0 Å². The molecule has 140 valence electrons. The highest BCUT2D eigenvalue weighted by molar-refractivity contribution is 7.98. The van der Waals surface area contributed by atoms with E-state index in [1.807, 2.05) is 44.4 Å². The Morgan fingerprint density at radius 3 is 2.23 bits per heavy atom. The molecule has 0 aliphatic rings. The topological polar surface area (TPSA) is 54.9 Å². The minimum Gasteiger partial charge on any atom is -0.349 e. The van der Waals surface area contributed by atoms with Crippen molar-refractivity contribution in [1.82, 2.24) is 15.3 Å². The van der Waals surface area contributed by atoms with Crippen molar-refractivity contribution in [2.24, 2.45) is 5.92 Å². The second kappa shape index (κ2) is 9.38. The quantitative estimate of drug-likeness (QED) is 0.537. The van der Waals surface area contributed by atoms with Crippen LogP contribution in [0.2, 0.25) is 5.02 Å². The number of rotatable bonds is 7. The van der Waals surface area contributed by atoms with Crippen LogP contribution in [0.25, 0.3) is 0 Å². The van der Waals surface area contributed by atoms with Gasteiger partial charge in [0.05, 0.1) is 6.04 Å². The molecule has 1 unspecified atom stereocenters. The molecule has 1 amide bonds. The van der Waals surface area contributed by atoms with Gasteiger partial charge in [-0.05, 0) is 55.7 Å². The number of aryl methyl sites for hydroxylation is 2. The minimum absolute atomic E-state index is 0.0305. The molecule has 0 saturated heterocycles. The molecule has 0 aliphatic carbocycles. The molecule has 0 saturated carbocycles. The maximum Gasteiger partial charge on any atom is 0.220 e. The molecule has 6 heteroatoms. The zero-order valence-electron chi connectivity index (χ0n) is 16.0. The van der Waals surface area contributed by atoms with Crippen LogP contribution >= 0.6 is 23.4 Å². The van der Waals surface area contributed by atoms with Gasteiger partial charge in [-0.25, -0.2) is 9.97 Å². The lowest BCUT2D eigenvalue weighted by atomic mass is 9.95. The summed E-state index contributed by atoms with van der Waals surface area (Å²) in [5, 5.41) is 4.63. The lowest BCUT2D eigenvalue weighted by molar-refractivity contribution is -0.122. The Bertz CT molecular complexity index is 739. The van der Waals surface area contributed by atoms with E-state index in [1.54, 1.807) is 0 Å². The van der Waals surface area contributed by atoms with Crippen molar-refractivity contribution in [2.45, 2.75) is 51.7 Å². The van der Waals surface area contributed by atoms with Crippen LogP contribution in [0.5, 0.6) is 0 Å². The molecule has 2 aromatic rings. The van der Waals surface area contributed by atoms with Gasteiger partial charge in [-0.2, -0.15) is 0 Å². The van der Waals surface area contributed by atoms with Crippen molar-refractivity contribution in [2.75, 3.05) is 6.26 Å². The fourth-order valence-corrected chi connectivity index (χ4v) is 3.53. The summed E-state index contributed by atoms with van der Waals surface area (Å²) in [7, 11) is 0. The lowest BCUT2D eigenvalue weighted by Crippen LogP contribution is -2.32. The third-order valence-electron chi connectivity index (χ3n) is 4.40. The number of carbonyl (C=O) groups excluding carboxylic acids is 1. The number of hydrogen-bond donors (Lipinski definition) is 1. The largest absolute Gasteiger partial charge is 0.349 e. The van der Waals surface area contributed by atoms with E-state index in [1.165, 1.54) is 11.8 Å². The van der Waals surface area contributed by atoms with E-state index in [9.17, 15) is 4.79 Å². The standard InChI is InChI=1S/C20H26ClN3OS/c1-12(2)19(15-6-8-16(21)9-7-15)24-18(25)11-10-17-13(3)22-20(26-5)23-14(17)4/h6-9,12,19H,10-11H2,1-5H3,(H,24,25). The Morgan fingerprint density at radius 1 is 1.15 bits per heavy atom. The molecule has 1 aromatic carbocycles. The van der Waals surface area contributed by atoms with E-state index in [2.05, 4.69) is 29.1 Å². The summed E-state index contributed by atoms with van der Waals surface area (Å²) in [5.74, 6) is 0.319. The molecule has 2 rings (SSSR count). The first-order valence-corrected chi connectivity index (χ1v) is 10.3. The van der Waals surface area contributed by atoms with Crippen LogP contribution < -0.4 is 5.32 Å². The maximum atomic E-state index is 12.5. The van der Waals surface area contributed by atoms with Crippen molar-refractivity contribution in [3.05, 3.63) is 51.8 Å². The first kappa shape index (κ1) is 20.7. The maximum absolute atomic E-state index is 12.5. The summed E-state index contributed by atoms with van der Waals surface area (Å²) in [6.45, 7) is 8.16. The van der Waals surface area contributed by atoms with Crippen LogP contribution in [-0.2, 0) is 11.2 Å². The van der Waals surface area contributed by atoms with Crippen LogP contribution in [0.15, 0.2) is 29.4 Å². The van der Waals surface area contributed by atoms with E-state index in [0.29, 0.717) is 17.9 Å². The monoisotopic (exact) mass is 391 g/mol. The fourth-order valence-electron chi connectivity index (χ4n) is 2.95. The summed E-state index contributed by atoms with van der Waals surface area (Å²) in [6, 6.07) is 7.62. The Labute approximate surface area is 165 Å². The van der Waals surface area contributed by atoms with Crippen LogP contribution in [-0.4, -0.2) is 22.1 Å². The van der Waals surface area contributed by atoms with Gasteiger partial charge in [-0.1, -0.05) is 49.3 Å². The molecule has 0 aliphatic heterocycles. The highest BCUT2D eigenvalue weighted by Gasteiger charge is 2.19. The van der Waals surface area contributed by atoms with E-state index >= 15 is 0 Å². The zero-order chi connectivity index (χ0) is 19.3. The number of halogens is 1. The first-order chi connectivity index (χ1) is 12.3. The van der Waals surface area contributed by atoms with Crippen molar-refractivity contribution >= 4 is 29.3 Å². The van der Waals surface area contributed by atoms with Gasteiger partial charge in [0.15, 0.2) is 5.16 Å². The average molecular weight is 392 g/mol. The fraction of sp³-hybridized carbons (Fsp3) is 0.450. The highest BCUT2D eigenvalue weighted by Crippen LogP contribution is 2.24. The molecule has 1 aromatic heterocycles. The molecular formula is C20H26ClN3OS. The smallest absolute Gasteiger partial charge is 0.220 e. The zero-order valence-corrected chi connectivity index (χ0v) is 17.5. The van der Waals surface area contributed by atoms with Gasteiger partial charge in [-0.3, -0.25) is 4.79 Å². The molecule has 4 nitrogen and oxygen atoms in total. The number of benzene rings is 1. The van der Waals surface area contributed by atoms with Gasteiger partial charge < -0.3 is 5.32 Å². The summed E-state index contributed by atoms with van der Waals surface area (Å²) >= 11 is 7.50. The van der Waals surface area contributed by atoms with Crippen LogP contribution in [0.1, 0.15) is 48.8 Å². The molecule has 0 spiro atoms. The number of carbonyl (C=O) groups is 1. The number of thioether (sulfide) groups is 1. The third kappa shape index (κ3) is 5.45. The summed E-state index contributed by atoms with van der Waals surface area (Å²) < 4.78 is 0. The van der Waals surface area contributed by atoms with Gasteiger partial charge in [-0.15, -0.1) is 0 Å². The van der Waals surface area contributed by atoms with Gasteiger partial charge in [0.2, 0.25) is 5.91 Å². The van der Waals surface area contributed by atoms with Crippen LogP contribution in [0, 0.1) is 19.8 Å². The van der Waals surface area contributed by atoms with Gasteiger partial charge in [0.1, 0.15) is 0 Å². The number of nitrogens with one attached hydrogen (secondary N) is 1. The predicted octanol–water partition coefficient (Wildman–Crippen LogP) is 4.91. The molecule has 1 atom stereocenters. The van der Waals surface area contributed by atoms with Gasteiger partial charge in [0, 0.05) is 22.8 Å². The van der Waals surface area contributed by atoms with Gasteiger partial charge in [0.25, 0.3) is 0 Å². The Balaban J connectivity index is 2.04. The minimum atomic E-state index is -0.0305. The van der Waals surface area contributed by atoms with Crippen molar-refractivity contribution in [1.29, 1.82) is 0 Å². The second-order valence-electron chi connectivity index (χ2n) is 6.70. The Hall–Kier alpha value is -1.59. The molecule has 0 fully saturated rings. The molecular weight excluding hydrogens is 366 g/mol. The van der Waals surface area contributed by atoms with Crippen molar-refractivity contribution < 1.29 is 4.79 Å². The lowest BCUT2D eigenvalue weighted by Gasteiger charge is -2.23. The molecule has 0 radical (unpaired) electrons. The van der Waals surface area contributed by atoms with E-state index in [-0.39, 0.29) is 17.9 Å². The SMILES string of the molecule is CSc1nc(C)c(CCC(=O)NC(c2ccc(Cl)cc2)C(C)C)c(C)n1. The average Bonchev–Trinajstić information content (AvgIpc) is 2.59. The van der Waals surface area contributed by atoms with Crippen molar-refractivity contribution in [3.63, 3.8) is 0 Å². The second-order valence-corrected chi connectivity index (χ2v) is 7.91. The van der Waals surface area contributed by atoms with Crippen LogP contribution in [0.4, 0.5) is 0 Å². The highest BCUT2D eigenvalue weighted by atomic mass is 35.5. The molecule has 26 heavy (non-hydrogen) atoms. The summed E-state index contributed by atoms with van der Waals surface area (Å²) in [6.07, 6.45) is 3.02. The number of aromatic nitrogens is 2. The van der Waals surface area contributed by atoms with Gasteiger partial charge >= 0.3 is 0 Å². The Morgan fingerprint density at radius 2 is 1.73 bits per heavy atom. The molecule has 1 N–H and O–H groups in total.